The van der Waals surface area contributed by atoms with Gasteiger partial charge in [-0.2, -0.15) is 0 Å². The monoisotopic (exact) mass is 375 g/mol. The highest BCUT2D eigenvalue weighted by molar-refractivity contribution is 5.94. The highest BCUT2D eigenvalue weighted by Crippen LogP contribution is 2.25. The van der Waals surface area contributed by atoms with E-state index in [9.17, 15) is 9.59 Å². The normalized spacial score (nSPS) is 17.8. The van der Waals surface area contributed by atoms with Gasteiger partial charge in [0.1, 0.15) is 11.8 Å². The van der Waals surface area contributed by atoms with Crippen LogP contribution >= 0.6 is 0 Å². The van der Waals surface area contributed by atoms with Crippen LogP contribution in [0.1, 0.15) is 55.4 Å². The van der Waals surface area contributed by atoms with E-state index in [4.69, 9.17) is 4.74 Å². The van der Waals surface area contributed by atoms with Gasteiger partial charge in [0.05, 0.1) is 11.8 Å². The molecule has 0 radical (unpaired) electrons. The van der Waals surface area contributed by atoms with Crippen LogP contribution in [0.25, 0.3) is 0 Å². The topological polar surface area (TPSA) is 87.7 Å². The van der Waals surface area contributed by atoms with Crippen molar-refractivity contribution in [3.05, 3.63) is 17.0 Å². The molecule has 0 spiro atoms. The van der Waals surface area contributed by atoms with Crippen LogP contribution in [-0.2, 0) is 22.5 Å². The fraction of sp³-hybridized carbons (Fsp3) is 0.684. The molecule has 1 aromatic rings. The average Bonchev–Trinajstić information content (AvgIpc) is 3.19. The number of nitrogens with one attached hydrogen (secondary N) is 1. The summed E-state index contributed by atoms with van der Waals surface area (Å²) in [5, 5.41) is 2.94. The summed E-state index contributed by atoms with van der Waals surface area (Å²) in [5.41, 5.74) is 2.03. The molecule has 1 saturated heterocycles. The summed E-state index contributed by atoms with van der Waals surface area (Å²) in [6.45, 7) is 8.02. The molecule has 3 rings (SSSR count). The van der Waals surface area contributed by atoms with E-state index >= 15 is 0 Å². The molecule has 1 N–H and O–H groups in total. The average molecular weight is 375 g/mol. The molecule has 1 fully saturated rings. The van der Waals surface area contributed by atoms with Crippen molar-refractivity contribution < 1.29 is 14.3 Å². The Morgan fingerprint density at radius 1 is 1.07 bits per heavy atom. The van der Waals surface area contributed by atoms with E-state index in [1.165, 1.54) is 0 Å². The summed E-state index contributed by atoms with van der Waals surface area (Å²) in [6, 6.07) is 0. The van der Waals surface area contributed by atoms with Crippen LogP contribution in [-0.4, -0.2) is 70.5 Å². The van der Waals surface area contributed by atoms with Gasteiger partial charge in [-0.25, -0.2) is 9.97 Å². The summed E-state index contributed by atoms with van der Waals surface area (Å²) >= 11 is 0. The molecule has 1 atom stereocenters. The number of rotatable bonds is 5. The number of likely N-dealkylation sites (tertiary alicyclic amines) is 1. The van der Waals surface area contributed by atoms with E-state index in [2.05, 4.69) is 15.3 Å². The SMILES string of the molecule is CNc1nc2c(c(C(=O)N3CCCC3)n1)CN(C(=O)[C@H](C)OC(C)C)CC2. The van der Waals surface area contributed by atoms with Gasteiger partial charge in [-0.15, -0.1) is 0 Å². The number of anilines is 1. The van der Waals surface area contributed by atoms with Crippen LogP contribution in [0, 0.1) is 0 Å². The molecule has 2 aliphatic heterocycles. The lowest BCUT2D eigenvalue weighted by molar-refractivity contribution is -0.146. The number of hydrogen-bond donors (Lipinski definition) is 1. The zero-order chi connectivity index (χ0) is 19.6. The number of aromatic nitrogens is 2. The Morgan fingerprint density at radius 2 is 1.78 bits per heavy atom. The second kappa shape index (κ2) is 8.21. The lowest BCUT2D eigenvalue weighted by atomic mass is 10.0. The van der Waals surface area contributed by atoms with E-state index in [0.717, 1.165) is 37.2 Å². The Kier molecular flexibility index (Phi) is 5.94. The first-order valence-corrected chi connectivity index (χ1v) is 9.71. The number of carbonyl (C=O) groups excluding carboxylic acids is 2. The summed E-state index contributed by atoms with van der Waals surface area (Å²) in [4.78, 5) is 38.3. The maximum atomic E-state index is 13.0. The van der Waals surface area contributed by atoms with Crippen molar-refractivity contribution in [2.75, 3.05) is 32.0 Å². The van der Waals surface area contributed by atoms with Gasteiger partial charge in [-0.1, -0.05) is 0 Å². The third kappa shape index (κ3) is 4.21. The molecule has 27 heavy (non-hydrogen) atoms. The number of carbonyl (C=O) groups is 2. The van der Waals surface area contributed by atoms with Crippen molar-refractivity contribution in [3.8, 4) is 0 Å². The molecule has 3 heterocycles. The maximum absolute atomic E-state index is 13.0. The van der Waals surface area contributed by atoms with Gasteiger partial charge in [-0.3, -0.25) is 9.59 Å². The molecule has 0 aliphatic carbocycles. The van der Waals surface area contributed by atoms with Gasteiger partial charge in [0.25, 0.3) is 11.8 Å². The Hall–Kier alpha value is -2.22. The number of fused-ring (bicyclic) bond motifs is 1. The van der Waals surface area contributed by atoms with E-state index in [1.54, 1.807) is 18.9 Å². The second-order valence-electron chi connectivity index (χ2n) is 7.41. The first kappa shape index (κ1) is 19.5. The quantitative estimate of drug-likeness (QED) is 0.838. The molecule has 148 valence electrons. The van der Waals surface area contributed by atoms with Crippen LogP contribution < -0.4 is 5.32 Å². The van der Waals surface area contributed by atoms with Gasteiger partial charge in [0, 0.05) is 45.2 Å². The Balaban J connectivity index is 1.87. The fourth-order valence-corrected chi connectivity index (χ4v) is 3.68. The Labute approximate surface area is 160 Å². The van der Waals surface area contributed by atoms with Crippen molar-refractivity contribution in [2.45, 2.75) is 58.8 Å². The predicted octanol–water partition coefficient (Wildman–Crippen LogP) is 1.45. The predicted molar refractivity (Wildman–Crippen MR) is 102 cm³/mol. The molecule has 2 amide bonds. The van der Waals surface area contributed by atoms with Crippen molar-refractivity contribution in [2.24, 2.45) is 0 Å². The number of nitrogens with zero attached hydrogens (tertiary/aromatic N) is 4. The molecule has 8 heteroatoms. The molecule has 2 aliphatic rings. The highest BCUT2D eigenvalue weighted by atomic mass is 16.5. The number of ether oxygens (including phenoxy) is 1. The molecule has 0 bridgehead atoms. The third-order valence-corrected chi connectivity index (χ3v) is 5.02. The third-order valence-electron chi connectivity index (χ3n) is 5.02. The molecule has 8 nitrogen and oxygen atoms in total. The van der Waals surface area contributed by atoms with Crippen LogP contribution in [0.2, 0.25) is 0 Å². The van der Waals surface area contributed by atoms with E-state index in [0.29, 0.717) is 31.2 Å². The van der Waals surface area contributed by atoms with E-state index < -0.39 is 6.10 Å². The van der Waals surface area contributed by atoms with Crippen molar-refractivity contribution in [1.82, 2.24) is 19.8 Å². The second-order valence-corrected chi connectivity index (χ2v) is 7.41. The lowest BCUT2D eigenvalue weighted by Crippen LogP contribution is -2.44. The fourth-order valence-electron chi connectivity index (χ4n) is 3.68. The summed E-state index contributed by atoms with van der Waals surface area (Å²) in [6.07, 6.45) is 2.11. The Bertz CT molecular complexity index is 716. The summed E-state index contributed by atoms with van der Waals surface area (Å²) in [7, 11) is 1.75. The van der Waals surface area contributed by atoms with Gasteiger partial charge >= 0.3 is 0 Å². The van der Waals surface area contributed by atoms with Crippen LogP contribution in [0.15, 0.2) is 0 Å². The zero-order valence-electron chi connectivity index (χ0n) is 16.6. The zero-order valence-corrected chi connectivity index (χ0v) is 16.6. The van der Waals surface area contributed by atoms with Crippen LogP contribution in [0.4, 0.5) is 5.95 Å². The minimum Gasteiger partial charge on any atom is -0.366 e. The first-order valence-electron chi connectivity index (χ1n) is 9.71. The van der Waals surface area contributed by atoms with E-state index in [1.807, 2.05) is 18.7 Å². The van der Waals surface area contributed by atoms with Crippen molar-refractivity contribution in [3.63, 3.8) is 0 Å². The minimum atomic E-state index is -0.512. The standard InChI is InChI=1S/C19H29N5O3/c1-12(2)27-13(3)17(25)24-10-7-15-14(11-24)16(22-19(20-4)21-15)18(26)23-8-5-6-9-23/h12-13H,5-11H2,1-4H3,(H,20,21,22)/t13-/m0/s1. The first-order chi connectivity index (χ1) is 12.9. The van der Waals surface area contributed by atoms with Crippen LogP contribution in [0.5, 0.6) is 0 Å². The molecular weight excluding hydrogens is 346 g/mol. The molecule has 0 aromatic carbocycles. The number of amides is 2. The smallest absolute Gasteiger partial charge is 0.273 e. The number of hydrogen-bond acceptors (Lipinski definition) is 6. The van der Waals surface area contributed by atoms with Gasteiger partial charge in [0.2, 0.25) is 5.95 Å². The Morgan fingerprint density at radius 3 is 2.41 bits per heavy atom. The molecule has 0 unspecified atom stereocenters. The highest BCUT2D eigenvalue weighted by Gasteiger charge is 2.32. The largest absolute Gasteiger partial charge is 0.366 e. The van der Waals surface area contributed by atoms with Gasteiger partial charge in [0.15, 0.2) is 0 Å². The molecule has 1 aromatic heterocycles. The molecule has 0 saturated carbocycles. The minimum absolute atomic E-state index is 0.0187. The maximum Gasteiger partial charge on any atom is 0.273 e. The van der Waals surface area contributed by atoms with Crippen molar-refractivity contribution in [1.29, 1.82) is 0 Å². The van der Waals surface area contributed by atoms with Crippen molar-refractivity contribution >= 4 is 17.8 Å². The molecular formula is C19H29N5O3. The van der Waals surface area contributed by atoms with E-state index in [-0.39, 0.29) is 17.9 Å². The van der Waals surface area contributed by atoms with Gasteiger partial charge in [-0.05, 0) is 33.6 Å². The van der Waals surface area contributed by atoms with Gasteiger partial charge < -0.3 is 19.9 Å². The summed E-state index contributed by atoms with van der Waals surface area (Å²) in [5.74, 6) is 0.322. The van der Waals surface area contributed by atoms with Crippen LogP contribution in [0.3, 0.4) is 0 Å². The summed E-state index contributed by atoms with van der Waals surface area (Å²) < 4.78 is 5.64. The lowest BCUT2D eigenvalue weighted by Gasteiger charge is -2.32.